The first-order valence-electron chi connectivity index (χ1n) is 6.30. The van der Waals surface area contributed by atoms with Crippen LogP contribution in [-0.2, 0) is 6.54 Å². The number of hydrogen-bond donors (Lipinski definition) is 1. The molecule has 1 amide bonds. The average molecular weight is 275 g/mol. The van der Waals surface area contributed by atoms with E-state index >= 15 is 0 Å². The van der Waals surface area contributed by atoms with Crippen molar-refractivity contribution in [1.82, 2.24) is 30.1 Å². The molecule has 0 unspecified atom stereocenters. The van der Waals surface area contributed by atoms with Crippen LogP contribution in [0.2, 0.25) is 0 Å². The van der Waals surface area contributed by atoms with Crippen LogP contribution >= 0.6 is 0 Å². The van der Waals surface area contributed by atoms with Gasteiger partial charge < -0.3 is 10.2 Å². The SMILES string of the molecule is CN(C)C(=O)c1ccc(NCCCn2ccnn2)nn1. The summed E-state index contributed by atoms with van der Waals surface area (Å²) in [5, 5.41) is 18.6. The van der Waals surface area contributed by atoms with Gasteiger partial charge >= 0.3 is 0 Å². The first kappa shape index (κ1) is 13.9. The summed E-state index contributed by atoms with van der Waals surface area (Å²) in [4.78, 5) is 13.1. The Bertz CT molecular complexity index is 535. The van der Waals surface area contributed by atoms with Crippen LogP contribution in [0.4, 0.5) is 5.82 Å². The number of nitrogens with zero attached hydrogens (tertiary/aromatic N) is 6. The molecule has 8 nitrogen and oxygen atoms in total. The molecule has 2 aromatic rings. The minimum Gasteiger partial charge on any atom is -0.369 e. The number of aryl methyl sites for hydroxylation is 1. The van der Waals surface area contributed by atoms with Crippen molar-refractivity contribution in [3.05, 3.63) is 30.2 Å². The molecule has 106 valence electrons. The Morgan fingerprint density at radius 2 is 2.20 bits per heavy atom. The van der Waals surface area contributed by atoms with Crippen LogP contribution in [0.5, 0.6) is 0 Å². The highest BCUT2D eigenvalue weighted by molar-refractivity contribution is 5.91. The van der Waals surface area contributed by atoms with E-state index in [1.807, 2.05) is 6.20 Å². The maximum absolute atomic E-state index is 11.6. The van der Waals surface area contributed by atoms with E-state index in [0.29, 0.717) is 11.5 Å². The fourth-order valence-electron chi connectivity index (χ4n) is 1.58. The number of hydrogen-bond acceptors (Lipinski definition) is 6. The van der Waals surface area contributed by atoms with Gasteiger partial charge in [-0.25, -0.2) is 0 Å². The maximum Gasteiger partial charge on any atom is 0.273 e. The molecular weight excluding hydrogens is 258 g/mol. The van der Waals surface area contributed by atoms with Crippen molar-refractivity contribution in [2.24, 2.45) is 0 Å². The Morgan fingerprint density at radius 3 is 2.80 bits per heavy atom. The lowest BCUT2D eigenvalue weighted by Crippen LogP contribution is -2.23. The minimum absolute atomic E-state index is 0.157. The summed E-state index contributed by atoms with van der Waals surface area (Å²) in [5.74, 6) is 0.495. The first-order valence-corrected chi connectivity index (χ1v) is 6.30. The Balaban J connectivity index is 1.77. The second kappa shape index (κ2) is 6.60. The van der Waals surface area contributed by atoms with Crippen molar-refractivity contribution in [1.29, 1.82) is 0 Å². The summed E-state index contributed by atoms with van der Waals surface area (Å²) < 4.78 is 1.77. The van der Waals surface area contributed by atoms with Crippen molar-refractivity contribution in [3.63, 3.8) is 0 Å². The van der Waals surface area contributed by atoms with E-state index in [-0.39, 0.29) is 5.91 Å². The van der Waals surface area contributed by atoms with Crippen molar-refractivity contribution in [3.8, 4) is 0 Å². The number of rotatable bonds is 6. The molecule has 0 saturated heterocycles. The van der Waals surface area contributed by atoms with Crippen LogP contribution < -0.4 is 5.32 Å². The zero-order chi connectivity index (χ0) is 14.4. The van der Waals surface area contributed by atoms with Gasteiger partial charge in [0.2, 0.25) is 0 Å². The quantitative estimate of drug-likeness (QED) is 0.761. The minimum atomic E-state index is -0.157. The maximum atomic E-state index is 11.6. The van der Waals surface area contributed by atoms with E-state index in [2.05, 4.69) is 25.8 Å². The van der Waals surface area contributed by atoms with Crippen LogP contribution in [0.25, 0.3) is 0 Å². The van der Waals surface area contributed by atoms with Gasteiger partial charge in [0.05, 0.1) is 6.20 Å². The number of anilines is 1. The van der Waals surface area contributed by atoms with Gasteiger partial charge in [-0.15, -0.1) is 15.3 Å². The molecule has 0 bridgehead atoms. The number of carbonyl (C=O) groups is 1. The highest BCUT2D eigenvalue weighted by Gasteiger charge is 2.09. The summed E-state index contributed by atoms with van der Waals surface area (Å²) >= 11 is 0. The topological polar surface area (TPSA) is 88.8 Å². The molecule has 0 aliphatic heterocycles. The van der Waals surface area contributed by atoms with E-state index in [4.69, 9.17) is 0 Å². The van der Waals surface area contributed by atoms with Gasteiger partial charge in [0, 0.05) is 33.4 Å². The molecule has 0 saturated carbocycles. The third kappa shape index (κ3) is 3.74. The molecule has 2 rings (SSSR count). The van der Waals surface area contributed by atoms with Gasteiger partial charge in [-0.3, -0.25) is 9.48 Å². The van der Waals surface area contributed by atoms with Gasteiger partial charge in [0.25, 0.3) is 5.91 Å². The largest absolute Gasteiger partial charge is 0.369 e. The molecule has 0 aliphatic carbocycles. The van der Waals surface area contributed by atoms with Gasteiger partial charge in [0.1, 0.15) is 5.82 Å². The van der Waals surface area contributed by atoms with E-state index in [0.717, 1.165) is 19.5 Å². The Kier molecular flexibility index (Phi) is 4.59. The molecule has 20 heavy (non-hydrogen) atoms. The monoisotopic (exact) mass is 275 g/mol. The normalized spacial score (nSPS) is 10.3. The van der Waals surface area contributed by atoms with Crippen LogP contribution in [0.15, 0.2) is 24.5 Å². The standard InChI is InChI=1S/C12H17N7O/c1-18(2)12(20)10-4-5-11(16-15-10)13-6-3-8-19-9-7-14-17-19/h4-5,7,9H,3,6,8H2,1-2H3,(H,13,16). The lowest BCUT2D eigenvalue weighted by molar-refractivity contribution is 0.0821. The molecule has 0 spiro atoms. The number of carbonyl (C=O) groups excluding carboxylic acids is 1. The van der Waals surface area contributed by atoms with E-state index < -0.39 is 0 Å². The summed E-state index contributed by atoms with van der Waals surface area (Å²) in [6.45, 7) is 1.53. The molecule has 2 heterocycles. The van der Waals surface area contributed by atoms with E-state index in [1.165, 1.54) is 4.90 Å². The molecule has 8 heteroatoms. The van der Waals surface area contributed by atoms with Crippen molar-refractivity contribution in [2.75, 3.05) is 26.0 Å². The summed E-state index contributed by atoms with van der Waals surface area (Å²) in [5.41, 5.74) is 0.336. The Morgan fingerprint density at radius 1 is 1.35 bits per heavy atom. The van der Waals surface area contributed by atoms with Crippen molar-refractivity contribution < 1.29 is 4.79 Å². The second-order valence-corrected chi connectivity index (χ2v) is 4.45. The predicted octanol–water partition coefficient (Wildman–Crippen LogP) is 0.272. The fourth-order valence-corrected chi connectivity index (χ4v) is 1.58. The zero-order valence-electron chi connectivity index (χ0n) is 11.5. The number of amides is 1. The molecule has 1 N–H and O–H groups in total. The molecule has 0 fully saturated rings. The van der Waals surface area contributed by atoms with Gasteiger partial charge in [-0.05, 0) is 18.6 Å². The molecule has 0 radical (unpaired) electrons. The molecule has 0 aromatic carbocycles. The lowest BCUT2D eigenvalue weighted by atomic mass is 10.3. The third-order valence-corrected chi connectivity index (χ3v) is 2.63. The summed E-state index contributed by atoms with van der Waals surface area (Å²) in [6.07, 6.45) is 4.37. The molecular formula is C12H17N7O. The number of nitrogens with one attached hydrogen (secondary N) is 1. The van der Waals surface area contributed by atoms with Crippen LogP contribution in [-0.4, -0.2) is 56.6 Å². The predicted molar refractivity (Wildman–Crippen MR) is 73.2 cm³/mol. The highest BCUT2D eigenvalue weighted by atomic mass is 16.2. The Labute approximate surface area is 116 Å². The smallest absolute Gasteiger partial charge is 0.273 e. The van der Waals surface area contributed by atoms with Crippen LogP contribution in [0.1, 0.15) is 16.9 Å². The highest BCUT2D eigenvalue weighted by Crippen LogP contribution is 2.03. The molecule has 2 aromatic heterocycles. The van der Waals surface area contributed by atoms with Gasteiger partial charge in [-0.1, -0.05) is 5.21 Å². The average Bonchev–Trinajstić information content (AvgIpc) is 2.96. The summed E-state index contributed by atoms with van der Waals surface area (Å²) in [6, 6.07) is 3.41. The second-order valence-electron chi connectivity index (χ2n) is 4.45. The van der Waals surface area contributed by atoms with Crippen LogP contribution in [0.3, 0.4) is 0 Å². The zero-order valence-corrected chi connectivity index (χ0v) is 11.5. The third-order valence-electron chi connectivity index (χ3n) is 2.63. The van der Waals surface area contributed by atoms with Gasteiger partial charge in [0.15, 0.2) is 5.69 Å². The fraction of sp³-hybridized carbons (Fsp3) is 0.417. The molecule has 0 aliphatic rings. The van der Waals surface area contributed by atoms with Crippen molar-refractivity contribution >= 4 is 11.7 Å². The molecule has 0 atom stereocenters. The van der Waals surface area contributed by atoms with Crippen molar-refractivity contribution in [2.45, 2.75) is 13.0 Å². The lowest BCUT2D eigenvalue weighted by Gasteiger charge is -2.09. The van der Waals surface area contributed by atoms with Gasteiger partial charge in [-0.2, -0.15) is 0 Å². The Hall–Kier alpha value is -2.51. The van der Waals surface area contributed by atoms with E-state index in [9.17, 15) is 4.79 Å². The van der Waals surface area contributed by atoms with Crippen LogP contribution in [0, 0.1) is 0 Å². The van der Waals surface area contributed by atoms with E-state index in [1.54, 1.807) is 37.1 Å². The first-order chi connectivity index (χ1) is 9.66. The summed E-state index contributed by atoms with van der Waals surface area (Å²) in [7, 11) is 3.36. The number of aromatic nitrogens is 5.